The van der Waals surface area contributed by atoms with Crippen LogP contribution in [0, 0.1) is 6.92 Å². The molecule has 1 aromatic rings. The summed E-state index contributed by atoms with van der Waals surface area (Å²) in [5.74, 6) is 0.930. The Labute approximate surface area is 116 Å². The van der Waals surface area contributed by atoms with Crippen LogP contribution in [0.4, 0.5) is 0 Å². The van der Waals surface area contributed by atoms with Gasteiger partial charge in [-0.05, 0) is 56.5 Å². The van der Waals surface area contributed by atoms with Gasteiger partial charge in [0, 0.05) is 19.7 Å². The molecule has 0 bridgehead atoms. The van der Waals surface area contributed by atoms with Gasteiger partial charge in [0.05, 0.1) is 13.2 Å². The molecule has 1 aliphatic rings. The van der Waals surface area contributed by atoms with Gasteiger partial charge in [0.1, 0.15) is 5.75 Å². The number of hydrogen-bond acceptors (Lipinski definition) is 3. The average molecular weight is 263 g/mol. The summed E-state index contributed by atoms with van der Waals surface area (Å²) < 4.78 is 11.0. The second-order valence-electron chi connectivity index (χ2n) is 5.48. The van der Waals surface area contributed by atoms with Gasteiger partial charge in [-0.15, -0.1) is 0 Å². The molecule has 0 aliphatic carbocycles. The molecule has 0 N–H and O–H groups in total. The first kappa shape index (κ1) is 14.4. The van der Waals surface area contributed by atoms with E-state index in [1.165, 1.54) is 30.4 Å². The van der Waals surface area contributed by atoms with Gasteiger partial charge in [-0.25, -0.2) is 0 Å². The molecule has 3 nitrogen and oxygen atoms in total. The van der Waals surface area contributed by atoms with Crippen molar-refractivity contribution in [3.05, 3.63) is 29.3 Å². The first-order valence-corrected chi connectivity index (χ1v) is 7.12. The van der Waals surface area contributed by atoms with E-state index in [1.807, 2.05) is 6.07 Å². The SMILES string of the molecule is COc1ccc(CN(C)C[C@H]2CCCCO2)c(C)c1. The molecule has 19 heavy (non-hydrogen) atoms. The lowest BCUT2D eigenvalue weighted by Gasteiger charge is -2.27. The van der Waals surface area contributed by atoms with E-state index < -0.39 is 0 Å². The molecule has 0 spiro atoms. The summed E-state index contributed by atoms with van der Waals surface area (Å²) in [6.45, 7) is 5.06. The molecule has 0 aromatic heterocycles. The fraction of sp³-hybridized carbons (Fsp3) is 0.625. The molecule has 0 amide bonds. The zero-order valence-corrected chi connectivity index (χ0v) is 12.3. The van der Waals surface area contributed by atoms with Crippen LogP contribution in [0.3, 0.4) is 0 Å². The molecular weight excluding hydrogens is 238 g/mol. The first-order chi connectivity index (χ1) is 9.19. The largest absolute Gasteiger partial charge is 0.497 e. The third-order valence-corrected chi connectivity index (χ3v) is 3.78. The van der Waals surface area contributed by atoms with Crippen molar-refractivity contribution in [3.8, 4) is 5.75 Å². The topological polar surface area (TPSA) is 21.7 Å². The second-order valence-corrected chi connectivity index (χ2v) is 5.48. The fourth-order valence-electron chi connectivity index (χ4n) is 2.63. The lowest BCUT2D eigenvalue weighted by atomic mass is 10.1. The van der Waals surface area contributed by atoms with E-state index in [2.05, 4.69) is 31.0 Å². The quantitative estimate of drug-likeness (QED) is 0.815. The Morgan fingerprint density at radius 2 is 2.21 bits per heavy atom. The van der Waals surface area contributed by atoms with Gasteiger partial charge >= 0.3 is 0 Å². The van der Waals surface area contributed by atoms with E-state index in [1.54, 1.807) is 7.11 Å². The Morgan fingerprint density at radius 1 is 1.37 bits per heavy atom. The Bertz CT molecular complexity index is 400. The van der Waals surface area contributed by atoms with Crippen molar-refractivity contribution >= 4 is 0 Å². The molecule has 1 heterocycles. The van der Waals surface area contributed by atoms with Gasteiger partial charge in [0.15, 0.2) is 0 Å². The maximum Gasteiger partial charge on any atom is 0.119 e. The molecule has 106 valence electrons. The normalized spacial score (nSPS) is 19.7. The van der Waals surface area contributed by atoms with E-state index in [4.69, 9.17) is 9.47 Å². The predicted octanol–water partition coefficient (Wildman–Crippen LogP) is 3.00. The van der Waals surface area contributed by atoms with E-state index in [-0.39, 0.29) is 0 Å². The summed E-state index contributed by atoms with van der Waals surface area (Å²) in [7, 11) is 3.88. The van der Waals surface area contributed by atoms with Crippen molar-refractivity contribution in [3.63, 3.8) is 0 Å². The number of nitrogens with zero attached hydrogens (tertiary/aromatic N) is 1. The zero-order chi connectivity index (χ0) is 13.7. The Kier molecular flexibility index (Phi) is 5.23. The molecule has 3 heteroatoms. The van der Waals surface area contributed by atoms with Crippen LogP contribution in [0.1, 0.15) is 30.4 Å². The molecule has 2 rings (SSSR count). The minimum Gasteiger partial charge on any atom is -0.497 e. The van der Waals surface area contributed by atoms with Gasteiger partial charge in [0.25, 0.3) is 0 Å². The molecular formula is C16H25NO2. The van der Waals surface area contributed by atoms with Crippen LogP contribution in [0.25, 0.3) is 0 Å². The van der Waals surface area contributed by atoms with Gasteiger partial charge in [-0.2, -0.15) is 0 Å². The third kappa shape index (κ3) is 4.22. The van der Waals surface area contributed by atoms with Crippen LogP contribution in [0.15, 0.2) is 18.2 Å². The summed E-state index contributed by atoms with van der Waals surface area (Å²) >= 11 is 0. The van der Waals surface area contributed by atoms with Gasteiger partial charge in [-0.1, -0.05) is 6.07 Å². The van der Waals surface area contributed by atoms with Crippen molar-refractivity contribution in [2.45, 2.75) is 38.8 Å². The predicted molar refractivity (Wildman–Crippen MR) is 77.7 cm³/mol. The highest BCUT2D eigenvalue weighted by Crippen LogP contribution is 2.19. The standard InChI is InChI=1S/C16H25NO2/c1-13-10-15(18-3)8-7-14(13)11-17(2)12-16-6-4-5-9-19-16/h7-8,10,16H,4-6,9,11-12H2,1-3H3/t16-/m1/s1. The van der Waals surface area contributed by atoms with E-state index in [0.717, 1.165) is 25.4 Å². The highest BCUT2D eigenvalue weighted by molar-refractivity contribution is 5.34. The van der Waals surface area contributed by atoms with Crippen LogP contribution in [0.2, 0.25) is 0 Å². The Hall–Kier alpha value is -1.06. The lowest BCUT2D eigenvalue weighted by Crippen LogP contribution is -2.33. The summed E-state index contributed by atoms with van der Waals surface area (Å²) in [4.78, 5) is 2.35. The number of aryl methyl sites for hydroxylation is 1. The molecule has 0 saturated carbocycles. The highest BCUT2D eigenvalue weighted by Gasteiger charge is 2.16. The smallest absolute Gasteiger partial charge is 0.119 e. The van der Waals surface area contributed by atoms with Crippen LogP contribution in [-0.4, -0.2) is 38.3 Å². The van der Waals surface area contributed by atoms with Crippen molar-refractivity contribution < 1.29 is 9.47 Å². The number of likely N-dealkylation sites (N-methyl/N-ethyl adjacent to an activating group) is 1. The summed E-state index contributed by atoms with van der Waals surface area (Å²) in [6.07, 6.45) is 4.14. The van der Waals surface area contributed by atoms with Crippen LogP contribution in [-0.2, 0) is 11.3 Å². The summed E-state index contributed by atoms with van der Waals surface area (Å²) in [5, 5.41) is 0. The highest BCUT2D eigenvalue weighted by atomic mass is 16.5. The molecule has 1 saturated heterocycles. The van der Waals surface area contributed by atoms with Gasteiger partial charge in [-0.3, -0.25) is 4.90 Å². The fourth-order valence-corrected chi connectivity index (χ4v) is 2.63. The molecule has 1 atom stereocenters. The maximum absolute atomic E-state index is 5.79. The lowest BCUT2D eigenvalue weighted by molar-refractivity contribution is -0.00261. The number of ether oxygens (including phenoxy) is 2. The maximum atomic E-state index is 5.79. The molecule has 1 aromatic carbocycles. The van der Waals surface area contributed by atoms with E-state index in [0.29, 0.717) is 6.10 Å². The zero-order valence-electron chi connectivity index (χ0n) is 12.3. The van der Waals surface area contributed by atoms with Gasteiger partial charge < -0.3 is 9.47 Å². The third-order valence-electron chi connectivity index (χ3n) is 3.78. The Morgan fingerprint density at radius 3 is 2.84 bits per heavy atom. The first-order valence-electron chi connectivity index (χ1n) is 7.12. The molecule has 0 unspecified atom stereocenters. The number of rotatable bonds is 5. The molecule has 0 radical (unpaired) electrons. The van der Waals surface area contributed by atoms with Crippen molar-refractivity contribution in [2.24, 2.45) is 0 Å². The van der Waals surface area contributed by atoms with Gasteiger partial charge in [0.2, 0.25) is 0 Å². The molecule has 1 aliphatic heterocycles. The van der Waals surface area contributed by atoms with Crippen LogP contribution >= 0.6 is 0 Å². The number of hydrogen-bond donors (Lipinski definition) is 0. The van der Waals surface area contributed by atoms with Crippen molar-refractivity contribution in [2.75, 3.05) is 27.3 Å². The molecule has 1 fully saturated rings. The Balaban J connectivity index is 1.88. The van der Waals surface area contributed by atoms with Crippen molar-refractivity contribution in [1.82, 2.24) is 4.90 Å². The second kappa shape index (κ2) is 6.92. The van der Waals surface area contributed by atoms with Crippen molar-refractivity contribution in [1.29, 1.82) is 0 Å². The summed E-state index contributed by atoms with van der Waals surface area (Å²) in [5.41, 5.74) is 2.65. The number of benzene rings is 1. The average Bonchev–Trinajstić information content (AvgIpc) is 2.42. The minimum atomic E-state index is 0.414. The van der Waals surface area contributed by atoms with Crippen LogP contribution in [0.5, 0.6) is 5.75 Å². The van der Waals surface area contributed by atoms with E-state index >= 15 is 0 Å². The van der Waals surface area contributed by atoms with E-state index in [9.17, 15) is 0 Å². The monoisotopic (exact) mass is 263 g/mol. The minimum absolute atomic E-state index is 0.414. The van der Waals surface area contributed by atoms with Crippen LogP contribution < -0.4 is 4.74 Å². The summed E-state index contributed by atoms with van der Waals surface area (Å²) in [6, 6.07) is 6.29. The number of methoxy groups -OCH3 is 1.